The molecule has 5 unspecified atom stereocenters. The van der Waals surface area contributed by atoms with E-state index in [-0.39, 0.29) is 11.5 Å². The van der Waals surface area contributed by atoms with Gasteiger partial charge >= 0.3 is 0 Å². The summed E-state index contributed by atoms with van der Waals surface area (Å²) in [6, 6.07) is 2.18. The average Bonchev–Trinajstić information content (AvgIpc) is 2.90. The summed E-state index contributed by atoms with van der Waals surface area (Å²) in [5.74, 6) is 4.31. The topological polar surface area (TPSA) is 53.2 Å². The minimum atomic E-state index is -0.0505. The van der Waals surface area contributed by atoms with Gasteiger partial charge in [0.15, 0.2) is 0 Å². The normalized spacial score (nSPS) is 50.5. The second kappa shape index (κ2) is 6.61. The van der Waals surface area contributed by atoms with E-state index in [1.165, 1.54) is 51.4 Å². The van der Waals surface area contributed by atoms with Crippen molar-refractivity contribution >= 4 is 0 Å². The summed E-state index contributed by atoms with van der Waals surface area (Å²) in [4.78, 5) is 0. The highest BCUT2D eigenvalue weighted by atomic mass is 16.5. The largest absolute Gasteiger partial charge is 0.393 e. The molecule has 0 spiro atoms. The van der Waals surface area contributed by atoms with Crippen molar-refractivity contribution < 1.29 is 9.84 Å². The van der Waals surface area contributed by atoms with Crippen molar-refractivity contribution in [3.63, 3.8) is 0 Å². The lowest BCUT2D eigenvalue weighted by Crippen LogP contribution is -2.50. The van der Waals surface area contributed by atoms with Gasteiger partial charge in [-0.05, 0) is 92.8 Å². The van der Waals surface area contributed by atoms with Crippen LogP contribution in [0.1, 0.15) is 71.1 Å². The number of nitrogens with zero attached hydrogens (tertiary/aromatic N) is 1. The van der Waals surface area contributed by atoms with Crippen molar-refractivity contribution in [2.75, 3.05) is 6.61 Å². The van der Waals surface area contributed by atoms with Crippen LogP contribution in [0.2, 0.25) is 0 Å². The van der Waals surface area contributed by atoms with Gasteiger partial charge < -0.3 is 9.84 Å². The molecule has 4 aliphatic carbocycles. The van der Waals surface area contributed by atoms with Crippen LogP contribution in [0.5, 0.6) is 0 Å². The first-order valence-corrected chi connectivity index (χ1v) is 10.3. The van der Waals surface area contributed by atoms with Crippen LogP contribution in [0.3, 0.4) is 0 Å². The molecule has 134 valence electrons. The monoisotopic (exact) mass is 331 g/mol. The molecule has 1 N–H and O–H groups in total. The molecular formula is C21H33NO2. The van der Waals surface area contributed by atoms with Crippen LogP contribution in [-0.4, -0.2) is 23.9 Å². The Kier molecular flexibility index (Phi) is 4.65. The average molecular weight is 332 g/mol. The molecular weight excluding hydrogens is 298 g/mol. The number of hydrogen-bond donors (Lipinski definition) is 1. The van der Waals surface area contributed by atoms with Crippen molar-refractivity contribution in [2.24, 2.45) is 35.0 Å². The molecule has 3 nitrogen and oxygen atoms in total. The van der Waals surface area contributed by atoms with Gasteiger partial charge in [-0.25, -0.2) is 0 Å². The third-order valence-corrected chi connectivity index (χ3v) is 8.42. The van der Waals surface area contributed by atoms with E-state index in [0.717, 1.165) is 36.0 Å². The number of hydrogen-bond acceptors (Lipinski definition) is 3. The number of fused-ring (bicyclic) bond motifs is 5. The zero-order valence-electron chi connectivity index (χ0n) is 15.1. The molecule has 8 atom stereocenters. The summed E-state index contributed by atoms with van der Waals surface area (Å²) in [6.07, 6.45) is 12.3. The SMILES string of the molecule is C[C@]12CCC3C(CC[C@H]4C[C@@H](OCCC#N)CCC34)C1CCC2O. The number of nitriles is 1. The molecule has 0 aromatic carbocycles. The number of rotatable bonds is 3. The molecule has 0 saturated heterocycles. The third kappa shape index (κ3) is 2.71. The van der Waals surface area contributed by atoms with E-state index >= 15 is 0 Å². The molecule has 0 aromatic rings. The third-order valence-electron chi connectivity index (χ3n) is 8.42. The Bertz CT molecular complexity index is 501. The summed E-state index contributed by atoms with van der Waals surface area (Å²) in [5, 5.41) is 19.2. The van der Waals surface area contributed by atoms with Crippen LogP contribution in [0, 0.1) is 46.3 Å². The fourth-order valence-corrected chi connectivity index (χ4v) is 7.21. The Balaban J connectivity index is 1.41. The molecule has 0 heterocycles. The second-order valence-electron chi connectivity index (χ2n) is 9.29. The maximum Gasteiger partial charge on any atom is 0.0645 e. The first kappa shape index (κ1) is 16.9. The number of aliphatic hydroxyl groups excluding tert-OH is 1. The predicted octanol–water partition coefficient (Wildman–Crippen LogP) is 4.30. The van der Waals surface area contributed by atoms with Crippen LogP contribution in [0.15, 0.2) is 0 Å². The Morgan fingerprint density at radius 2 is 1.88 bits per heavy atom. The second-order valence-corrected chi connectivity index (χ2v) is 9.29. The van der Waals surface area contributed by atoms with E-state index in [2.05, 4.69) is 13.0 Å². The fraction of sp³-hybridized carbons (Fsp3) is 0.952. The quantitative estimate of drug-likeness (QED) is 0.785. The lowest BCUT2D eigenvalue weighted by Gasteiger charge is -2.55. The lowest BCUT2D eigenvalue weighted by atomic mass is 9.50. The van der Waals surface area contributed by atoms with E-state index in [0.29, 0.717) is 19.1 Å². The summed E-state index contributed by atoms with van der Waals surface area (Å²) in [5.41, 5.74) is 0.214. The van der Waals surface area contributed by atoms with E-state index < -0.39 is 0 Å². The Morgan fingerprint density at radius 1 is 1.04 bits per heavy atom. The van der Waals surface area contributed by atoms with E-state index in [4.69, 9.17) is 10.00 Å². The number of ether oxygens (including phenoxy) is 1. The molecule has 0 amide bonds. The van der Waals surface area contributed by atoms with Crippen molar-refractivity contribution in [3.05, 3.63) is 0 Å². The molecule has 24 heavy (non-hydrogen) atoms. The van der Waals surface area contributed by atoms with Gasteiger partial charge in [0.2, 0.25) is 0 Å². The zero-order valence-corrected chi connectivity index (χ0v) is 15.1. The van der Waals surface area contributed by atoms with Crippen LogP contribution >= 0.6 is 0 Å². The highest BCUT2D eigenvalue weighted by Gasteiger charge is 2.56. The van der Waals surface area contributed by atoms with Crippen LogP contribution in [0.25, 0.3) is 0 Å². The molecule has 4 aliphatic rings. The molecule has 4 fully saturated rings. The maximum atomic E-state index is 10.5. The van der Waals surface area contributed by atoms with E-state index in [1.54, 1.807) is 0 Å². The Hall–Kier alpha value is -0.590. The first-order chi connectivity index (χ1) is 11.6. The first-order valence-electron chi connectivity index (χ1n) is 10.3. The smallest absolute Gasteiger partial charge is 0.0645 e. The standard InChI is InChI=1S/C21H33NO2/c1-21-10-9-17-16-6-4-15(24-12-2-11-22)13-14(16)3-5-18(17)19(21)7-8-20(21)23/h14-20,23H,2-10,12-13H2,1H3/t14-,15-,16?,17?,18?,19?,20?,21-/m0/s1. The van der Waals surface area contributed by atoms with Crippen molar-refractivity contribution in [2.45, 2.75) is 83.3 Å². The summed E-state index contributed by atoms with van der Waals surface area (Å²) in [6.45, 7) is 2.99. The van der Waals surface area contributed by atoms with Gasteiger partial charge in [0, 0.05) is 0 Å². The molecule has 3 heteroatoms. The van der Waals surface area contributed by atoms with Crippen molar-refractivity contribution in [1.82, 2.24) is 0 Å². The minimum absolute atomic E-state index is 0.0505. The number of aliphatic hydroxyl groups is 1. The van der Waals surface area contributed by atoms with Crippen LogP contribution in [-0.2, 0) is 4.74 Å². The van der Waals surface area contributed by atoms with E-state index in [1.807, 2.05) is 0 Å². The fourth-order valence-electron chi connectivity index (χ4n) is 7.21. The van der Waals surface area contributed by atoms with Gasteiger partial charge in [0.25, 0.3) is 0 Å². The van der Waals surface area contributed by atoms with Crippen molar-refractivity contribution in [3.8, 4) is 6.07 Å². The van der Waals surface area contributed by atoms with Crippen LogP contribution in [0.4, 0.5) is 0 Å². The summed E-state index contributed by atoms with van der Waals surface area (Å²) in [7, 11) is 0. The summed E-state index contributed by atoms with van der Waals surface area (Å²) < 4.78 is 5.95. The highest BCUT2D eigenvalue weighted by molar-refractivity contribution is 5.06. The molecule has 4 rings (SSSR count). The molecule has 0 aliphatic heterocycles. The summed E-state index contributed by atoms with van der Waals surface area (Å²) >= 11 is 0. The van der Waals surface area contributed by atoms with Gasteiger partial charge in [-0.1, -0.05) is 6.92 Å². The van der Waals surface area contributed by atoms with Gasteiger partial charge in [-0.3, -0.25) is 0 Å². The van der Waals surface area contributed by atoms with Gasteiger partial charge in [0.05, 0.1) is 31.3 Å². The van der Waals surface area contributed by atoms with Crippen LogP contribution < -0.4 is 0 Å². The molecule has 0 radical (unpaired) electrons. The van der Waals surface area contributed by atoms with Gasteiger partial charge in [-0.15, -0.1) is 0 Å². The Morgan fingerprint density at radius 3 is 2.71 bits per heavy atom. The molecule has 4 saturated carbocycles. The molecule has 0 aromatic heterocycles. The van der Waals surface area contributed by atoms with E-state index in [9.17, 15) is 5.11 Å². The predicted molar refractivity (Wildman–Crippen MR) is 93.1 cm³/mol. The van der Waals surface area contributed by atoms with Gasteiger partial charge in [0.1, 0.15) is 0 Å². The molecule has 0 bridgehead atoms. The lowest BCUT2D eigenvalue weighted by molar-refractivity contribution is -0.0984. The Labute approximate surface area is 146 Å². The van der Waals surface area contributed by atoms with Crippen molar-refractivity contribution in [1.29, 1.82) is 5.26 Å². The van der Waals surface area contributed by atoms with Gasteiger partial charge in [-0.2, -0.15) is 5.26 Å². The maximum absolute atomic E-state index is 10.5. The highest BCUT2D eigenvalue weighted by Crippen LogP contribution is 2.62. The minimum Gasteiger partial charge on any atom is -0.393 e. The zero-order chi connectivity index (χ0) is 16.7.